The quantitative estimate of drug-likeness (QED) is 0.863. The molecule has 2 atom stereocenters. The zero-order valence-corrected chi connectivity index (χ0v) is 15.1. The van der Waals surface area contributed by atoms with Gasteiger partial charge >= 0.3 is 6.18 Å². The Hall–Kier alpha value is -2.61. The summed E-state index contributed by atoms with van der Waals surface area (Å²) in [6.07, 6.45) is -0.467. The predicted octanol–water partition coefficient (Wildman–Crippen LogP) is 3.86. The van der Waals surface area contributed by atoms with Crippen molar-refractivity contribution in [2.75, 3.05) is 13.1 Å². The number of carbonyl (C=O) groups excluding carboxylic acids is 1. The van der Waals surface area contributed by atoms with Crippen LogP contribution in [0.4, 0.5) is 13.2 Å². The number of rotatable bonds is 3. The number of ether oxygens (including phenoxy) is 1. The van der Waals surface area contributed by atoms with E-state index in [9.17, 15) is 18.0 Å². The summed E-state index contributed by atoms with van der Waals surface area (Å²) < 4.78 is 43.2. The maximum absolute atomic E-state index is 12.8. The molecule has 4 rings (SSSR count). The predicted molar refractivity (Wildman–Crippen MR) is 96.2 cm³/mol. The van der Waals surface area contributed by atoms with Gasteiger partial charge in [-0.2, -0.15) is 13.2 Å². The smallest absolute Gasteiger partial charge is 0.417 e. The first-order valence-corrected chi connectivity index (χ1v) is 9.25. The average Bonchev–Trinajstić information content (AvgIpc) is 3.00. The van der Waals surface area contributed by atoms with Gasteiger partial charge in [-0.1, -0.05) is 0 Å². The lowest BCUT2D eigenvalue weighted by Crippen LogP contribution is -2.39. The summed E-state index contributed by atoms with van der Waals surface area (Å²) in [6.45, 7) is 1.45. The molecule has 0 radical (unpaired) electrons. The van der Waals surface area contributed by atoms with Crippen LogP contribution < -0.4 is 10.1 Å². The van der Waals surface area contributed by atoms with Crippen LogP contribution in [0.2, 0.25) is 0 Å². The lowest BCUT2D eigenvalue weighted by molar-refractivity contribution is -0.137. The Morgan fingerprint density at radius 1 is 1.07 bits per heavy atom. The zero-order chi connectivity index (χ0) is 19.7. The van der Waals surface area contributed by atoms with Gasteiger partial charge in [0.1, 0.15) is 5.75 Å². The van der Waals surface area contributed by atoms with Gasteiger partial charge in [0, 0.05) is 43.0 Å². The minimum absolute atomic E-state index is 0.0199. The molecule has 148 valence electrons. The number of pyridine rings is 1. The number of amides is 1. The van der Waals surface area contributed by atoms with E-state index >= 15 is 0 Å². The molecule has 1 aromatic heterocycles. The summed E-state index contributed by atoms with van der Waals surface area (Å²) in [5.74, 6) is 0.440. The Labute approximate surface area is 160 Å². The highest BCUT2D eigenvalue weighted by atomic mass is 19.4. The average molecular weight is 391 g/mol. The summed E-state index contributed by atoms with van der Waals surface area (Å²) in [5, 5.41) is 3.55. The van der Waals surface area contributed by atoms with Crippen LogP contribution in [0.25, 0.3) is 0 Å². The van der Waals surface area contributed by atoms with Gasteiger partial charge in [-0.15, -0.1) is 0 Å². The number of alkyl halides is 3. The van der Waals surface area contributed by atoms with E-state index in [2.05, 4.69) is 10.3 Å². The maximum Gasteiger partial charge on any atom is 0.417 e. The SMILES string of the molecule is O=C(c1ccc(Oc2ccc(C(F)(F)F)cn2)cc1)N1CCC2CCC(C1)N2. The Morgan fingerprint density at radius 3 is 2.50 bits per heavy atom. The van der Waals surface area contributed by atoms with Gasteiger partial charge in [0.25, 0.3) is 5.91 Å². The first kappa shape index (κ1) is 18.7. The summed E-state index contributed by atoms with van der Waals surface area (Å²) in [5.41, 5.74) is -0.271. The van der Waals surface area contributed by atoms with Crippen molar-refractivity contribution in [3.8, 4) is 11.6 Å². The van der Waals surface area contributed by atoms with Crippen LogP contribution in [0, 0.1) is 0 Å². The highest BCUT2D eigenvalue weighted by Gasteiger charge is 2.32. The molecule has 2 aromatic rings. The van der Waals surface area contributed by atoms with Crippen molar-refractivity contribution in [2.45, 2.75) is 37.5 Å². The molecule has 2 bridgehead atoms. The van der Waals surface area contributed by atoms with E-state index in [4.69, 9.17) is 4.74 Å². The molecule has 1 N–H and O–H groups in total. The molecule has 8 heteroatoms. The van der Waals surface area contributed by atoms with Crippen molar-refractivity contribution >= 4 is 5.91 Å². The lowest BCUT2D eigenvalue weighted by Gasteiger charge is -2.24. The van der Waals surface area contributed by atoms with Crippen LogP contribution in [-0.4, -0.2) is 41.0 Å². The van der Waals surface area contributed by atoms with Gasteiger partial charge in [0.15, 0.2) is 0 Å². The van der Waals surface area contributed by atoms with Gasteiger partial charge in [0.2, 0.25) is 5.88 Å². The molecule has 0 saturated carbocycles. The van der Waals surface area contributed by atoms with Gasteiger partial charge < -0.3 is 15.0 Å². The van der Waals surface area contributed by atoms with Gasteiger partial charge in [-0.05, 0) is 49.6 Å². The number of aromatic nitrogens is 1. The molecule has 0 spiro atoms. The van der Waals surface area contributed by atoms with Crippen molar-refractivity contribution in [1.29, 1.82) is 0 Å². The third kappa shape index (κ3) is 4.11. The second kappa shape index (κ2) is 7.43. The van der Waals surface area contributed by atoms with Crippen molar-refractivity contribution in [1.82, 2.24) is 15.2 Å². The Balaban J connectivity index is 1.40. The second-order valence-electron chi connectivity index (χ2n) is 7.19. The van der Waals surface area contributed by atoms with E-state index < -0.39 is 11.7 Å². The third-order valence-corrected chi connectivity index (χ3v) is 5.20. The summed E-state index contributed by atoms with van der Waals surface area (Å²) in [4.78, 5) is 18.3. The summed E-state index contributed by atoms with van der Waals surface area (Å²) >= 11 is 0. The number of benzene rings is 1. The minimum atomic E-state index is -4.43. The molecule has 2 aliphatic heterocycles. The Bertz CT molecular complexity index is 837. The second-order valence-corrected chi connectivity index (χ2v) is 7.19. The van der Waals surface area contributed by atoms with Gasteiger partial charge in [-0.25, -0.2) is 4.98 Å². The number of carbonyl (C=O) groups is 1. The number of fused-ring (bicyclic) bond motifs is 2. The molecule has 2 aliphatic rings. The highest BCUT2D eigenvalue weighted by molar-refractivity contribution is 5.94. The molecular formula is C20H20F3N3O2. The molecular weight excluding hydrogens is 371 g/mol. The minimum Gasteiger partial charge on any atom is -0.439 e. The number of halogens is 3. The van der Waals surface area contributed by atoms with Crippen LogP contribution in [-0.2, 0) is 6.18 Å². The largest absolute Gasteiger partial charge is 0.439 e. The normalized spacial score (nSPS) is 22.0. The van der Waals surface area contributed by atoms with E-state index in [0.717, 1.165) is 31.6 Å². The van der Waals surface area contributed by atoms with Crippen molar-refractivity contribution in [3.63, 3.8) is 0 Å². The van der Waals surface area contributed by atoms with Crippen LogP contribution in [0.1, 0.15) is 35.2 Å². The molecule has 2 fully saturated rings. The van der Waals surface area contributed by atoms with Crippen LogP contribution in [0.15, 0.2) is 42.6 Å². The van der Waals surface area contributed by atoms with Crippen LogP contribution in [0.3, 0.4) is 0 Å². The summed E-state index contributed by atoms with van der Waals surface area (Å²) in [7, 11) is 0. The number of nitrogens with zero attached hydrogens (tertiary/aromatic N) is 2. The highest BCUT2D eigenvalue weighted by Crippen LogP contribution is 2.30. The molecule has 0 aliphatic carbocycles. The number of hydrogen-bond donors (Lipinski definition) is 1. The van der Waals surface area contributed by atoms with E-state index in [1.807, 2.05) is 4.90 Å². The van der Waals surface area contributed by atoms with Crippen molar-refractivity contribution in [3.05, 3.63) is 53.7 Å². The third-order valence-electron chi connectivity index (χ3n) is 5.20. The zero-order valence-electron chi connectivity index (χ0n) is 15.1. The van der Waals surface area contributed by atoms with Crippen molar-refractivity contribution in [2.24, 2.45) is 0 Å². The summed E-state index contributed by atoms with van der Waals surface area (Å²) in [6, 6.07) is 9.53. The lowest BCUT2D eigenvalue weighted by atomic mass is 10.1. The first-order valence-electron chi connectivity index (χ1n) is 9.25. The molecule has 1 aromatic carbocycles. The van der Waals surface area contributed by atoms with Gasteiger partial charge in [-0.3, -0.25) is 4.79 Å². The van der Waals surface area contributed by atoms with E-state index in [1.54, 1.807) is 24.3 Å². The molecule has 28 heavy (non-hydrogen) atoms. The van der Waals surface area contributed by atoms with Gasteiger partial charge in [0.05, 0.1) is 5.56 Å². The molecule has 3 heterocycles. The van der Waals surface area contributed by atoms with Crippen LogP contribution in [0.5, 0.6) is 11.6 Å². The Kier molecular flexibility index (Phi) is 4.97. The fourth-order valence-corrected chi connectivity index (χ4v) is 3.70. The van der Waals surface area contributed by atoms with Crippen LogP contribution >= 0.6 is 0 Å². The first-order chi connectivity index (χ1) is 13.4. The fourth-order valence-electron chi connectivity index (χ4n) is 3.70. The maximum atomic E-state index is 12.8. The monoisotopic (exact) mass is 391 g/mol. The topological polar surface area (TPSA) is 54.5 Å². The van der Waals surface area contributed by atoms with Crippen molar-refractivity contribution < 1.29 is 22.7 Å². The van der Waals surface area contributed by atoms with E-state index in [0.29, 0.717) is 29.9 Å². The van der Waals surface area contributed by atoms with E-state index in [-0.39, 0.29) is 11.8 Å². The molecule has 5 nitrogen and oxygen atoms in total. The number of nitrogens with one attached hydrogen (secondary N) is 1. The molecule has 1 amide bonds. The molecule has 2 unspecified atom stereocenters. The number of likely N-dealkylation sites (tertiary alicyclic amines) is 1. The fraction of sp³-hybridized carbons (Fsp3) is 0.400. The molecule has 2 saturated heterocycles. The van der Waals surface area contributed by atoms with E-state index in [1.165, 1.54) is 12.5 Å². The standard InChI is InChI=1S/C20H20F3N3O2/c21-20(22,23)14-3-8-18(24-11-14)28-17-6-1-13(2-7-17)19(27)26-10-9-15-4-5-16(12-26)25-15/h1-3,6-8,11,15-16,25H,4-5,9-10,12H2. The Morgan fingerprint density at radius 2 is 1.82 bits per heavy atom. The number of hydrogen-bond acceptors (Lipinski definition) is 4.